The molecule has 1 aliphatic rings. The fourth-order valence-corrected chi connectivity index (χ4v) is 2.77. The van der Waals surface area contributed by atoms with Crippen LogP contribution in [-0.4, -0.2) is 27.7 Å². The van der Waals surface area contributed by atoms with E-state index in [-0.39, 0.29) is 0 Å². The largest absolute Gasteiger partial charge is 0.379 e. The van der Waals surface area contributed by atoms with Crippen molar-refractivity contribution in [2.75, 3.05) is 16.8 Å². The quantitative estimate of drug-likeness (QED) is 0.875. The first-order chi connectivity index (χ1) is 6.75. The van der Waals surface area contributed by atoms with E-state index in [0.717, 1.165) is 17.9 Å². The predicted octanol–water partition coefficient (Wildman–Crippen LogP) is 2.70. The van der Waals surface area contributed by atoms with Crippen molar-refractivity contribution < 1.29 is 0 Å². The van der Waals surface area contributed by atoms with E-state index < -0.39 is 0 Å². The molecular weight excluding hydrogens is 241 g/mol. The molecule has 0 bridgehead atoms. The van der Waals surface area contributed by atoms with Gasteiger partial charge >= 0.3 is 0 Å². The summed E-state index contributed by atoms with van der Waals surface area (Å²) in [6.45, 7) is 0. The van der Waals surface area contributed by atoms with Gasteiger partial charge in [-0.3, -0.25) is 0 Å². The lowest BCUT2D eigenvalue weighted by Gasteiger charge is -2.13. The third-order valence-electron chi connectivity index (χ3n) is 2.01. The summed E-state index contributed by atoms with van der Waals surface area (Å²) in [6.07, 6.45) is 1.15. The molecule has 2 rings (SSSR count). The highest BCUT2D eigenvalue weighted by Gasteiger charge is 2.16. The second-order valence-electron chi connectivity index (χ2n) is 3.08. The van der Waals surface area contributed by atoms with Crippen LogP contribution in [0.2, 0.25) is 10.3 Å². The van der Waals surface area contributed by atoms with Gasteiger partial charge in [0, 0.05) is 17.9 Å². The maximum Gasteiger partial charge on any atom is 0.174 e. The number of hydrogen-bond acceptors (Lipinski definition) is 4. The standard InChI is InChI=1S/C8H9Cl2N3S/c9-7-3-6(8(10)13-12-7)11-5-1-2-14-4-5/h3,5H,1-2,4H2,(H,11,12). The van der Waals surface area contributed by atoms with E-state index in [2.05, 4.69) is 15.5 Å². The minimum Gasteiger partial charge on any atom is -0.379 e. The molecule has 0 spiro atoms. The highest BCUT2D eigenvalue weighted by atomic mass is 35.5. The van der Waals surface area contributed by atoms with Crippen LogP contribution in [0.15, 0.2) is 6.07 Å². The molecular formula is C8H9Cl2N3S. The second-order valence-corrected chi connectivity index (χ2v) is 4.97. The SMILES string of the molecule is Clc1cc(NC2CCSC2)c(Cl)nn1. The summed E-state index contributed by atoms with van der Waals surface area (Å²) in [4.78, 5) is 0. The van der Waals surface area contributed by atoms with Gasteiger partial charge in [-0.2, -0.15) is 11.8 Å². The van der Waals surface area contributed by atoms with Gasteiger partial charge in [-0.1, -0.05) is 23.2 Å². The number of hydrogen-bond donors (Lipinski definition) is 1. The third-order valence-corrected chi connectivity index (χ3v) is 3.63. The van der Waals surface area contributed by atoms with Gasteiger partial charge in [0.05, 0.1) is 5.69 Å². The number of nitrogens with zero attached hydrogens (tertiary/aromatic N) is 2. The van der Waals surface area contributed by atoms with Gasteiger partial charge < -0.3 is 5.32 Å². The van der Waals surface area contributed by atoms with E-state index in [0.29, 0.717) is 16.3 Å². The summed E-state index contributed by atoms with van der Waals surface area (Å²) in [5.74, 6) is 2.30. The molecule has 76 valence electrons. The zero-order valence-corrected chi connectivity index (χ0v) is 9.66. The van der Waals surface area contributed by atoms with Crippen molar-refractivity contribution in [1.82, 2.24) is 10.2 Å². The van der Waals surface area contributed by atoms with E-state index in [4.69, 9.17) is 23.2 Å². The molecule has 1 aromatic heterocycles. The van der Waals surface area contributed by atoms with Crippen molar-refractivity contribution in [2.24, 2.45) is 0 Å². The van der Waals surface area contributed by atoms with Crippen LogP contribution in [-0.2, 0) is 0 Å². The van der Waals surface area contributed by atoms with Gasteiger partial charge in [0.15, 0.2) is 10.3 Å². The average molecular weight is 250 g/mol. The molecule has 0 radical (unpaired) electrons. The lowest BCUT2D eigenvalue weighted by molar-refractivity contribution is 0.810. The fraction of sp³-hybridized carbons (Fsp3) is 0.500. The number of anilines is 1. The summed E-state index contributed by atoms with van der Waals surface area (Å²) in [5.41, 5.74) is 0.777. The van der Waals surface area contributed by atoms with Crippen molar-refractivity contribution in [1.29, 1.82) is 0 Å². The first-order valence-corrected chi connectivity index (χ1v) is 6.20. The van der Waals surface area contributed by atoms with Crippen molar-refractivity contribution in [3.63, 3.8) is 0 Å². The maximum atomic E-state index is 5.87. The Morgan fingerprint density at radius 2 is 2.29 bits per heavy atom. The van der Waals surface area contributed by atoms with Gasteiger partial charge in [0.2, 0.25) is 0 Å². The molecule has 3 nitrogen and oxygen atoms in total. The number of rotatable bonds is 2. The molecule has 0 saturated carbocycles. The van der Waals surface area contributed by atoms with Crippen molar-refractivity contribution in [3.8, 4) is 0 Å². The van der Waals surface area contributed by atoms with Gasteiger partial charge in [-0.05, 0) is 12.2 Å². The van der Waals surface area contributed by atoms with E-state index in [9.17, 15) is 0 Å². The number of thioether (sulfide) groups is 1. The minimum atomic E-state index is 0.363. The van der Waals surface area contributed by atoms with Crippen molar-refractivity contribution in [3.05, 3.63) is 16.4 Å². The summed E-state index contributed by atoms with van der Waals surface area (Å²) < 4.78 is 0. The van der Waals surface area contributed by atoms with E-state index in [1.54, 1.807) is 6.07 Å². The molecule has 1 fully saturated rings. The zero-order valence-electron chi connectivity index (χ0n) is 7.33. The fourth-order valence-electron chi connectivity index (χ4n) is 1.32. The van der Waals surface area contributed by atoms with Crippen LogP contribution in [0, 0.1) is 0 Å². The van der Waals surface area contributed by atoms with Crippen LogP contribution < -0.4 is 5.32 Å². The van der Waals surface area contributed by atoms with E-state index in [1.165, 1.54) is 5.75 Å². The average Bonchev–Trinajstić information content (AvgIpc) is 2.64. The second kappa shape index (κ2) is 4.55. The maximum absolute atomic E-state index is 5.87. The smallest absolute Gasteiger partial charge is 0.174 e. The van der Waals surface area contributed by atoms with Crippen LogP contribution in [0.5, 0.6) is 0 Å². The molecule has 1 atom stereocenters. The zero-order chi connectivity index (χ0) is 9.97. The molecule has 1 saturated heterocycles. The molecule has 1 aliphatic heterocycles. The Balaban J connectivity index is 2.10. The Morgan fingerprint density at radius 1 is 1.43 bits per heavy atom. The van der Waals surface area contributed by atoms with Crippen molar-refractivity contribution in [2.45, 2.75) is 12.5 Å². The van der Waals surface area contributed by atoms with Gasteiger partial charge in [0.25, 0.3) is 0 Å². The Kier molecular flexibility index (Phi) is 3.36. The lowest BCUT2D eigenvalue weighted by Crippen LogP contribution is -2.18. The summed E-state index contributed by atoms with van der Waals surface area (Å²) in [6, 6.07) is 2.18. The Bertz CT molecular complexity index is 328. The molecule has 0 amide bonds. The molecule has 6 heteroatoms. The van der Waals surface area contributed by atoms with Crippen LogP contribution in [0.4, 0.5) is 5.69 Å². The first kappa shape index (κ1) is 10.3. The molecule has 0 aliphatic carbocycles. The summed E-state index contributed by atoms with van der Waals surface area (Å²) in [5, 5.41) is 11.4. The number of nitrogens with one attached hydrogen (secondary N) is 1. The van der Waals surface area contributed by atoms with Crippen molar-refractivity contribution >= 4 is 40.7 Å². The summed E-state index contributed by atoms with van der Waals surface area (Å²) in [7, 11) is 0. The Hall–Kier alpha value is -0.190. The number of aromatic nitrogens is 2. The van der Waals surface area contributed by atoms with Crippen LogP contribution in [0.1, 0.15) is 6.42 Å². The van der Waals surface area contributed by atoms with E-state index >= 15 is 0 Å². The van der Waals surface area contributed by atoms with Crippen LogP contribution in [0.25, 0.3) is 0 Å². The Morgan fingerprint density at radius 3 is 3.00 bits per heavy atom. The molecule has 1 unspecified atom stereocenters. The third kappa shape index (κ3) is 2.43. The molecule has 0 aromatic carbocycles. The topological polar surface area (TPSA) is 37.8 Å². The highest BCUT2D eigenvalue weighted by Crippen LogP contribution is 2.26. The van der Waals surface area contributed by atoms with E-state index in [1.807, 2.05) is 11.8 Å². The van der Waals surface area contributed by atoms with Gasteiger partial charge in [-0.15, -0.1) is 10.2 Å². The highest BCUT2D eigenvalue weighted by molar-refractivity contribution is 7.99. The Labute approximate surface area is 96.6 Å². The summed E-state index contributed by atoms with van der Waals surface area (Å²) >= 11 is 13.5. The van der Waals surface area contributed by atoms with Crippen LogP contribution >= 0.6 is 35.0 Å². The minimum absolute atomic E-state index is 0.363. The number of halogens is 2. The first-order valence-electron chi connectivity index (χ1n) is 4.29. The normalized spacial score (nSPS) is 21.1. The lowest BCUT2D eigenvalue weighted by atomic mass is 10.2. The molecule has 2 heterocycles. The molecule has 14 heavy (non-hydrogen) atoms. The van der Waals surface area contributed by atoms with Crippen LogP contribution in [0.3, 0.4) is 0 Å². The van der Waals surface area contributed by atoms with Gasteiger partial charge in [0.1, 0.15) is 0 Å². The molecule has 1 aromatic rings. The monoisotopic (exact) mass is 249 g/mol. The molecule has 1 N–H and O–H groups in total. The van der Waals surface area contributed by atoms with Gasteiger partial charge in [-0.25, -0.2) is 0 Å². The predicted molar refractivity (Wildman–Crippen MR) is 61.4 cm³/mol.